The SMILES string of the molecule is CC1(C(=O)O)CCCN(C(=O)c2ccc(S(=O)(=O)N3CCOCC3)cc2)C1. The van der Waals surface area contributed by atoms with Gasteiger partial charge in [-0.2, -0.15) is 4.31 Å². The number of carboxylic acids is 1. The lowest BCUT2D eigenvalue weighted by Gasteiger charge is -2.37. The molecule has 0 aromatic heterocycles. The standard InChI is InChI=1S/C18H24N2O6S/c1-18(17(22)23)7-2-8-19(13-18)16(21)14-3-5-15(6-4-14)27(24,25)20-9-11-26-12-10-20/h3-6H,2,7-13H2,1H3,(H,22,23). The zero-order valence-corrected chi connectivity index (χ0v) is 16.1. The monoisotopic (exact) mass is 396 g/mol. The molecule has 1 atom stereocenters. The molecular weight excluding hydrogens is 372 g/mol. The molecule has 1 amide bonds. The fraction of sp³-hybridized carbons (Fsp3) is 0.556. The molecule has 148 valence electrons. The van der Waals surface area contributed by atoms with Gasteiger partial charge in [0.05, 0.1) is 23.5 Å². The van der Waals surface area contributed by atoms with E-state index in [4.69, 9.17) is 4.74 Å². The van der Waals surface area contributed by atoms with Crippen LogP contribution in [0.3, 0.4) is 0 Å². The van der Waals surface area contributed by atoms with Crippen LogP contribution in [0.15, 0.2) is 29.2 Å². The van der Waals surface area contributed by atoms with E-state index in [2.05, 4.69) is 0 Å². The van der Waals surface area contributed by atoms with Crippen LogP contribution in [0.4, 0.5) is 0 Å². The van der Waals surface area contributed by atoms with Gasteiger partial charge in [0.25, 0.3) is 5.91 Å². The summed E-state index contributed by atoms with van der Waals surface area (Å²) in [6.45, 7) is 3.65. The Morgan fingerprint density at radius 3 is 2.33 bits per heavy atom. The second kappa shape index (κ2) is 7.57. The van der Waals surface area contributed by atoms with E-state index in [1.807, 2.05) is 0 Å². The Hall–Kier alpha value is -1.97. The number of morpholine rings is 1. The van der Waals surface area contributed by atoms with Gasteiger partial charge in [0, 0.05) is 31.7 Å². The first kappa shape index (κ1) is 19.8. The molecule has 0 bridgehead atoms. The van der Waals surface area contributed by atoms with E-state index < -0.39 is 21.4 Å². The van der Waals surface area contributed by atoms with Crippen molar-refractivity contribution in [3.05, 3.63) is 29.8 Å². The lowest BCUT2D eigenvalue weighted by atomic mass is 9.82. The van der Waals surface area contributed by atoms with Gasteiger partial charge in [-0.1, -0.05) is 0 Å². The van der Waals surface area contributed by atoms with Gasteiger partial charge >= 0.3 is 5.97 Å². The third kappa shape index (κ3) is 3.99. The Labute approximate surface area is 158 Å². The number of piperidine rings is 1. The molecule has 2 heterocycles. The first-order valence-electron chi connectivity index (χ1n) is 8.95. The number of carboxylic acid groups (broad SMARTS) is 1. The highest BCUT2D eigenvalue weighted by Crippen LogP contribution is 2.30. The molecule has 27 heavy (non-hydrogen) atoms. The molecule has 0 aliphatic carbocycles. The quantitative estimate of drug-likeness (QED) is 0.815. The summed E-state index contributed by atoms with van der Waals surface area (Å²) in [6.07, 6.45) is 1.15. The fourth-order valence-electron chi connectivity index (χ4n) is 3.48. The molecule has 2 fully saturated rings. The van der Waals surface area contributed by atoms with Crippen molar-refractivity contribution in [2.24, 2.45) is 5.41 Å². The number of aliphatic carboxylic acids is 1. The molecule has 1 aromatic rings. The maximum atomic E-state index is 12.7. The fourth-order valence-corrected chi connectivity index (χ4v) is 4.88. The first-order chi connectivity index (χ1) is 12.7. The van der Waals surface area contributed by atoms with Gasteiger partial charge in [0.15, 0.2) is 0 Å². The van der Waals surface area contributed by atoms with E-state index in [0.29, 0.717) is 51.3 Å². The minimum absolute atomic E-state index is 0.134. The van der Waals surface area contributed by atoms with E-state index in [9.17, 15) is 23.1 Å². The lowest BCUT2D eigenvalue weighted by molar-refractivity contribution is -0.150. The highest BCUT2D eigenvalue weighted by atomic mass is 32.2. The van der Waals surface area contributed by atoms with Crippen molar-refractivity contribution >= 4 is 21.9 Å². The third-order valence-electron chi connectivity index (χ3n) is 5.21. The lowest BCUT2D eigenvalue weighted by Crippen LogP contribution is -2.48. The summed E-state index contributed by atoms with van der Waals surface area (Å²) in [5, 5.41) is 9.40. The van der Waals surface area contributed by atoms with Crippen LogP contribution in [0, 0.1) is 5.41 Å². The van der Waals surface area contributed by atoms with Crippen molar-refractivity contribution < 1.29 is 27.9 Å². The van der Waals surface area contributed by atoms with Crippen LogP contribution in [0.5, 0.6) is 0 Å². The van der Waals surface area contributed by atoms with Crippen LogP contribution < -0.4 is 0 Å². The molecule has 1 unspecified atom stereocenters. The van der Waals surface area contributed by atoms with Gasteiger partial charge in [0.2, 0.25) is 10.0 Å². The Balaban J connectivity index is 1.75. The third-order valence-corrected chi connectivity index (χ3v) is 7.12. The molecule has 2 saturated heterocycles. The molecule has 1 aromatic carbocycles. The zero-order valence-electron chi connectivity index (χ0n) is 15.3. The summed E-state index contributed by atoms with van der Waals surface area (Å²) >= 11 is 0. The van der Waals surface area contributed by atoms with Gasteiger partial charge in [-0.25, -0.2) is 8.42 Å². The normalized spacial score (nSPS) is 24.6. The predicted molar refractivity (Wildman–Crippen MR) is 96.9 cm³/mol. The Kier molecular flexibility index (Phi) is 5.55. The van der Waals surface area contributed by atoms with Crippen molar-refractivity contribution in [1.29, 1.82) is 0 Å². The molecule has 0 saturated carbocycles. The van der Waals surface area contributed by atoms with Gasteiger partial charge in [-0.05, 0) is 44.0 Å². The van der Waals surface area contributed by atoms with Crippen LogP contribution in [0.1, 0.15) is 30.1 Å². The first-order valence-corrected chi connectivity index (χ1v) is 10.4. The number of ether oxygens (including phenoxy) is 1. The number of carbonyl (C=O) groups is 2. The Bertz CT molecular complexity index is 817. The number of hydrogen-bond acceptors (Lipinski definition) is 5. The summed E-state index contributed by atoms with van der Waals surface area (Å²) in [5.41, 5.74) is -0.598. The molecule has 2 aliphatic rings. The summed E-state index contributed by atoms with van der Waals surface area (Å²) in [6, 6.07) is 5.83. The van der Waals surface area contributed by atoms with Crippen molar-refractivity contribution in [2.45, 2.75) is 24.7 Å². The highest BCUT2D eigenvalue weighted by Gasteiger charge is 2.39. The zero-order chi connectivity index (χ0) is 19.7. The minimum Gasteiger partial charge on any atom is -0.481 e. The highest BCUT2D eigenvalue weighted by molar-refractivity contribution is 7.89. The molecule has 0 spiro atoms. The number of likely N-dealkylation sites (tertiary alicyclic amines) is 1. The molecule has 9 heteroatoms. The Morgan fingerprint density at radius 1 is 1.11 bits per heavy atom. The number of amides is 1. The van der Waals surface area contributed by atoms with E-state index in [0.717, 1.165) is 0 Å². The molecule has 0 radical (unpaired) electrons. The van der Waals surface area contributed by atoms with Crippen molar-refractivity contribution in [3.8, 4) is 0 Å². The van der Waals surface area contributed by atoms with Gasteiger partial charge in [-0.3, -0.25) is 9.59 Å². The van der Waals surface area contributed by atoms with Crippen LogP contribution in [-0.2, 0) is 19.6 Å². The maximum Gasteiger partial charge on any atom is 0.311 e. The predicted octanol–water partition coefficient (Wildman–Crippen LogP) is 1.03. The van der Waals surface area contributed by atoms with Crippen LogP contribution in [0.25, 0.3) is 0 Å². The number of rotatable bonds is 4. The van der Waals surface area contributed by atoms with E-state index in [1.54, 1.807) is 6.92 Å². The number of hydrogen-bond donors (Lipinski definition) is 1. The Morgan fingerprint density at radius 2 is 1.74 bits per heavy atom. The number of carbonyl (C=O) groups excluding carboxylic acids is 1. The van der Waals surface area contributed by atoms with Gasteiger partial charge in [0.1, 0.15) is 0 Å². The topological polar surface area (TPSA) is 104 Å². The van der Waals surface area contributed by atoms with E-state index in [-0.39, 0.29) is 17.3 Å². The van der Waals surface area contributed by atoms with E-state index >= 15 is 0 Å². The summed E-state index contributed by atoms with van der Waals surface area (Å²) < 4.78 is 31.8. The molecule has 2 aliphatic heterocycles. The van der Waals surface area contributed by atoms with Crippen molar-refractivity contribution in [2.75, 3.05) is 39.4 Å². The van der Waals surface area contributed by atoms with Crippen LogP contribution in [0.2, 0.25) is 0 Å². The number of nitrogens with zero attached hydrogens (tertiary/aromatic N) is 2. The van der Waals surface area contributed by atoms with Crippen LogP contribution in [-0.4, -0.2) is 74.0 Å². The molecule has 3 rings (SSSR count). The minimum atomic E-state index is -3.61. The van der Waals surface area contributed by atoms with E-state index in [1.165, 1.54) is 33.5 Å². The molecule has 1 N–H and O–H groups in total. The second-order valence-corrected chi connectivity index (χ2v) is 9.17. The number of sulfonamides is 1. The van der Waals surface area contributed by atoms with Gasteiger partial charge < -0.3 is 14.7 Å². The maximum absolute atomic E-state index is 12.7. The summed E-state index contributed by atoms with van der Waals surface area (Å²) in [5.74, 6) is -1.19. The van der Waals surface area contributed by atoms with Crippen molar-refractivity contribution in [1.82, 2.24) is 9.21 Å². The molecule has 8 nitrogen and oxygen atoms in total. The summed E-state index contributed by atoms with van der Waals surface area (Å²) in [4.78, 5) is 25.9. The van der Waals surface area contributed by atoms with Gasteiger partial charge in [-0.15, -0.1) is 0 Å². The smallest absolute Gasteiger partial charge is 0.311 e. The second-order valence-electron chi connectivity index (χ2n) is 7.24. The number of benzene rings is 1. The summed E-state index contributed by atoms with van der Waals surface area (Å²) in [7, 11) is -3.61. The van der Waals surface area contributed by atoms with Crippen molar-refractivity contribution in [3.63, 3.8) is 0 Å². The van der Waals surface area contributed by atoms with Crippen LogP contribution >= 0.6 is 0 Å². The average molecular weight is 396 g/mol. The average Bonchev–Trinajstić information content (AvgIpc) is 2.68. The largest absolute Gasteiger partial charge is 0.481 e. The molecular formula is C18H24N2O6S.